The first-order chi connectivity index (χ1) is 15.1. The normalized spacial score (nSPS) is 16.3. The Labute approximate surface area is 188 Å². The van der Waals surface area contributed by atoms with E-state index in [2.05, 4.69) is 0 Å². The number of nitrogens with zero attached hydrogens (tertiary/aromatic N) is 1. The Kier molecular flexibility index (Phi) is 7.09. The summed E-state index contributed by atoms with van der Waals surface area (Å²) in [7, 11) is -3.62. The number of carbonyl (C=O) groups is 2. The van der Waals surface area contributed by atoms with E-state index in [4.69, 9.17) is 14.0 Å². The summed E-state index contributed by atoms with van der Waals surface area (Å²) in [5, 5.41) is 0.954. The molecule has 0 saturated carbocycles. The molecule has 8 heteroatoms. The predicted octanol–water partition coefficient (Wildman–Crippen LogP) is 4.20. The average Bonchev–Trinajstić information content (AvgIpc) is 3.18. The van der Waals surface area contributed by atoms with Gasteiger partial charge in [-0.15, -0.1) is 0 Å². The van der Waals surface area contributed by atoms with Gasteiger partial charge in [0.05, 0.1) is 17.2 Å². The monoisotopic (exact) mass is 457 g/mol. The van der Waals surface area contributed by atoms with Crippen LogP contribution in [0.25, 0.3) is 0 Å². The van der Waals surface area contributed by atoms with Gasteiger partial charge in [0.15, 0.2) is 0 Å². The third-order valence-electron chi connectivity index (χ3n) is 4.63. The van der Waals surface area contributed by atoms with Crippen molar-refractivity contribution >= 4 is 30.0 Å². The van der Waals surface area contributed by atoms with Gasteiger partial charge in [-0.2, -0.15) is 0 Å². The molecule has 3 rings (SSSR count). The highest BCUT2D eigenvalue weighted by molar-refractivity contribution is 7.74. The number of amides is 1. The summed E-state index contributed by atoms with van der Waals surface area (Å²) in [6, 6.07) is 17.6. The van der Waals surface area contributed by atoms with Crippen molar-refractivity contribution in [2.24, 2.45) is 5.92 Å². The molecular formula is C24H28NO6P. The van der Waals surface area contributed by atoms with Crippen LogP contribution >= 0.6 is 7.37 Å². The Morgan fingerprint density at radius 2 is 1.53 bits per heavy atom. The lowest BCUT2D eigenvalue weighted by Gasteiger charge is -2.23. The van der Waals surface area contributed by atoms with E-state index in [1.807, 2.05) is 12.1 Å². The summed E-state index contributed by atoms with van der Waals surface area (Å²) in [4.78, 5) is 26.5. The molecule has 0 aromatic heterocycles. The number of rotatable bonds is 6. The van der Waals surface area contributed by atoms with Crippen LogP contribution < -0.4 is 10.6 Å². The van der Waals surface area contributed by atoms with Gasteiger partial charge < -0.3 is 14.0 Å². The maximum absolute atomic E-state index is 14.3. The van der Waals surface area contributed by atoms with Crippen molar-refractivity contribution in [3.63, 3.8) is 0 Å². The van der Waals surface area contributed by atoms with Crippen molar-refractivity contribution in [3.05, 3.63) is 72.6 Å². The van der Waals surface area contributed by atoms with Crippen LogP contribution in [0.1, 0.15) is 27.7 Å². The second kappa shape index (κ2) is 9.61. The summed E-state index contributed by atoms with van der Waals surface area (Å²) in [5.74, 6) is -1.37. The van der Waals surface area contributed by atoms with Crippen molar-refractivity contribution < 1.29 is 28.2 Å². The predicted molar refractivity (Wildman–Crippen MR) is 122 cm³/mol. The molecule has 0 radical (unpaired) electrons. The number of hydrogen-bond donors (Lipinski definition) is 0. The van der Waals surface area contributed by atoms with Crippen LogP contribution in [-0.4, -0.2) is 35.7 Å². The Hall–Kier alpha value is -3.05. The molecule has 1 aliphatic heterocycles. The zero-order valence-corrected chi connectivity index (χ0v) is 19.6. The Bertz CT molecular complexity index is 986. The highest BCUT2D eigenvalue weighted by atomic mass is 31.2. The van der Waals surface area contributed by atoms with Gasteiger partial charge >= 0.3 is 19.4 Å². The fourth-order valence-corrected chi connectivity index (χ4v) is 5.31. The van der Waals surface area contributed by atoms with Gasteiger partial charge in [0.1, 0.15) is 17.3 Å². The molecule has 0 fully saturated rings. The van der Waals surface area contributed by atoms with Crippen molar-refractivity contribution in [1.82, 2.24) is 4.90 Å². The van der Waals surface area contributed by atoms with Crippen LogP contribution in [0.15, 0.2) is 72.6 Å². The standard InChI is InChI=1S/C24H28NO6P/c1-5-29-22(26)20-16-25(23(27)30-24(2,3)4)17-21(20)31-32(28,18-12-8-6-9-13-18)19-14-10-7-11-15-19/h6-15,17,20H,5,16H2,1-4H3. The number of benzene rings is 2. The molecule has 1 heterocycles. The second-order valence-electron chi connectivity index (χ2n) is 8.28. The summed E-state index contributed by atoms with van der Waals surface area (Å²) in [6.07, 6.45) is 0.758. The zero-order valence-electron chi connectivity index (χ0n) is 18.7. The molecule has 1 aliphatic rings. The van der Waals surface area contributed by atoms with E-state index in [0.29, 0.717) is 10.6 Å². The van der Waals surface area contributed by atoms with Gasteiger partial charge in [-0.3, -0.25) is 14.3 Å². The molecule has 1 amide bonds. The van der Waals surface area contributed by atoms with Crippen LogP contribution in [0.3, 0.4) is 0 Å². The van der Waals surface area contributed by atoms with E-state index >= 15 is 0 Å². The first kappa shape index (κ1) is 23.6. The molecule has 1 atom stereocenters. The van der Waals surface area contributed by atoms with E-state index in [0.717, 1.165) is 0 Å². The van der Waals surface area contributed by atoms with Crippen molar-refractivity contribution in [3.8, 4) is 0 Å². The largest absolute Gasteiger partial charge is 0.465 e. The Balaban J connectivity index is 2.01. The molecule has 170 valence electrons. The summed E-state index contributed by atoms with van der Waals surface area (Å²) >= 11 is 0. The van der Waals surface area contributed by atoms with E-state index in [9.17, 15) is 14.2 Å². The van der Waals surface area contributed by atoms with Gasteiger partial charge in [-0.25, -0.2) is 4.79 Å². The minimum Gasteiger partial charge on any atom is -0.465 e. The first-order valence-electron chi connectivity index (χ1n) is 10.4. The van der Waals surface area contributed by atoms with E-state index < -0.39 is 31.0 Å². The molecule has 0 saturated heterocycles. The molecule has 0 bridgehead atoms. The van der Waals surface area contributed by atoms with Gasteiger partial charge in [0, 0.05) is 12.7 Å². The maximum atomic E-state index is 14.3. The molecular weight excluding hydrogens is 429 g/mol. The van der Waals surface area contributed by atoms with Crippen LogP contribution in [-0.2, 0) is 23.4 Å². The van der Waals surface area contributed by atoms with Gasteiger partial charge in [0.2, 0.25) is 0 Å². The third kappa shape index (κ3) is 5.40. The number of hydrogen-bond acceptors (Lipinski definition) is 6. The van der Waals surface area contributed by atoms with E-state index in [1.54, 1.807) is 76.2 Å². The number of ether oxygens (including phenoxy) is 2. The molecule has 0 N–H and O–H groups in total. The SMILES string of the molecule is CCOC(=O)C1CN(C(=O)OC(C)(C)C)C=C1OP(=O)(c1ccccc1)c1ccccc1. The minimum atomic E-state index is -3.62. The molecule has 32 heavy (non-hydrogen) atoms. The minimum absolute atomic E-state index is 0.0212. The topological polar surface area (TPSA) is 82.1 Å². The summed E-state index contributed by atoms with van der Waals surface area (Å²) < 4.78 is 31.0. The van der Waals surface area contributed by atoms with Crippen molar-refractivity contribution in [2.45, 2.75) is 33.3 Å². The summed E-state index contributed by atoms with van der Waals surface area (Å²) in [6.45, 7) is 7.11. The molecule has 0 spiro atoms. The number of esters is 1. The van der Waals surface area contributed by atoms with Gasteiger partial charge in [-0.1, -0.05) is 36.4 Å². The second-order valence-corrected chi connectivity index (χ2v) is 10.6. The van der Waals surface area contributed by atoms with Crippen LogP contribution in [0.2, 0.25) is 0 Å². The van der Waals surface area contributed by atoms with E-state index in [1.165, 1.54) is 11.1 Å². The van der Waals surface area contributed by atoms with Crippen molar-refractivity contribution in [1.29, 1.82) is 0 Å². The molecule has 1 unspecified atom stereocenters. The maximum Gasteiger partial charge on any atom is 0.414 e. The Morgan fingerprint density at radius 1 is 1.00 bits per heavy atom. The van der Waals surface area contributed by atoms with Crippen LogP contribution in [0.4, 0.5) is 4.79 Å². The lowest BCUT2D eigenvalue weighted by molar-refractivity contribution is -0.147. The number of carbonyl (C=O) groups excluding carboxylic acids is 2. The van der Waals surface area contributed by atoms with Crippen LogP contribution in [0, 0.1) is 5.92 Å². The molecule has 2 aromatic carbocycles. The molecule has 2 aromatic rings. The Morgan fingerprint density at radius 3 is 2.00 bits per heavy atom. The third-order valence-corrected chi connectivity index (χ3v) is 7.05. The average molecular weight is 457 g/mol. The van der Waals surface area contributed by atoms with E-state index in [-0.39, 0.29) is 18.9 Å². The lowest BCUT2D eigenvalue weighted by atomic mass is 10.1. The molecule has 0 aliphatic carbocycles. The first-order valence-corrected chi connectivity index (χ1v) is 12.1. The highest BCUT2D eigenvalue weighted by Gasteiger charge is 2.41. The fraction of sp³-hybridized carbons (Fsp3) is 0.333. The fourth-order valence-electron chi connectivity index (χ4n) is 3.20. The van der Waals surface area contributed by atoms with Gasteiger partial charge in [-0.05, 0) is 52.0 Å². The molecule has 7 nitrogen and oxygen atoms in total. The zero-order chi connectivity index (χ0) is 23.4. The highest BCUT2D eigenvalue weighted by Crippen LogP contribution is 2.49. The summed E-state index contributed by atoms with van der Waals surface area (Å²) in [5.41, 5.74) is -0.711. The van der Waals surface area contributed by atoms with Gasteiger partial charge in [0.25, 0.3) is 0 Å². The quantitative estimate of drug-likeness (QED) is 0.478. The smallest absolute Gasteiger partial charge is 0.414 e. The van der Waals surface area contributed by atoms with Crippen molar-refractivity contribution in [2.75, 3.05) is 13.2 Å². The van der Waals surface area contributed by atoms with Crippen LogP contribution in [0.5, 0.6) is 0 Å². The lowest BCUT2D eigenvalue weighted by Crippen LogP contribution is -2.35.